The molecule has 1 heterocycles. The highest BCUT2D eigenvalue weighted by Gasteiger charge is 2.32. The topological polar surface area (TPSA) is 134 Å². The first-order chi connectivity index (χ1) is 16.6. The van der Waals surface area contributed by atoms with Gasteiger partial charge >= 0.3 is 0 Å². The van der Waals surface area contributed by atoms with Gasteiger partial charge in [-0.05, 0) is 48.6 Å². The fraction of sp³-hybridized carbons (Fsp3) is 0.520. The van der Waals surface area contributed by atoms with E-state index >= 15 is 0 Å². The summed E-state index contributed by atoms with van der Waals surface area (Å²) in [6.45, 7) is 4.86. The minimum Gasteiger partial charge on any atom is -0.399 e. The van der Waals surface area contributed by atoms with Gasteiger partial charge in [-0.3, -0.25) is 5.32 Å². The molecular formula is C25H37N3O6S. The van der Waals surface area contributed by atoms with Gasteiger partial charge in [0.25, 0.3) is 0 Å². The molecule has 0 saturated carbocycles. The minimum atomic E-state index is -3.88. The predicted octanol–water partition coefficient (Wildman–Crippen LogP) is 1.56. The summed E-state index contributed by atoms with van der Waals surface area (Å²) in [5.74, 6) is 0.0302. The van der Waals surface area contributed by atoms with Crippen LogP contribution in [-0.4, -0.2) is 73.9 Å². The Hall–Kier alpha value is -2.05. The molecule has 0 aliphatic carbocycles. The summed E-state index contributed by atoms with van der Waals surface area (Å²) >= 11 is 0. The number of nitrogens with two attached hydrogens (primary N) is 1. The van der Waals surface area contributed by atoms with Crippen molar-refractivity contribution in [2.75, 3.05) is 32.0 Å². The maximum atomic E-state index is 13.4. The summed E-state index contributed by atoms with van der Waals surface area (Å²) in [5, 5.41) is 24.7. The number of hydrogen-bond donors (Lipinski definition) is 4. The molecule has 10 heteroatoms. The van der Waals surface area contributed by atoms with E-state index in [-0.39, 0.29) is 30.0 Å². The van der Waals surface area contributed by atoms with Crippen LogP contribution in [0, 0.1) is 5.92 Å². The van der Waals surface area contributed by atoms with Crippen LogP contribution < -0.4 is 11.1 Å². The Bertz CT molecular complexity index is 998. The summed E-state index contributed by atoms with van der Waals surface area (Å²) in [6, 6.07) is 14.8. The zero-order valence-corrected chi connectivity index (χ0v) is 21.1. The van der Waals surface area contributed by atoms with Crippen LogP contribution in [0.2, 0.25) is 0 Å². The predicted molar refractivity (Wildman–Crippen MR) is 134 cm³/mol. The fourth-order valence-corrected chi connectivity index (χ4v) is 5.62. The number of hydrogen-bond acceptors (Lipinski definition) is 8. The van der Waals surface area contributed by atoms with Gasteiger partial charge in [0.2, 0.25) is 16.4 Å². The van der Waals surface area contributed by atoms with Gasteiger partial charge in [-0.1, -0.05) is 44.2 Å². The molecule has 2 aromatic rings. The molecule has 5 N–H and O–H groups in total. The van der Waals surface area contributed by atoms with Crippen LogP contribution in [0.25, 0.3) is 0 Å². The van der Waals surface area contributed by atoms with E-state index in [1.54, 1.807) is 0 Å². The molecule has 9 nitrogen and oxygen atoms in total. The Labute approximate surface area is 207 Å². The number of aliphatic hydroxyl groups is 2. The van der Waals surface area contributed by atoms with Crippen LogP contribution in [0.15, 0.2) is 59.5 Å². The van der Waals surface area contributed by atoms with Crippen molar-refractivity contribution in [3.8, 4) is 0 Å². The lowest BCUT2D eigenvalue weighted by molar-refractivity contribution is -0.162. The van der Waals surface area contributed by atoms with Gasteiger partial charge in [0.15, 0.2) is 0 Å². The zero-order valence-electron chi connectivity index (χ0n) is 20.3. The molecule has 2 aromatic carbocycles. The van der Waals surface area contributed by atoms with Crippen molar-refractivity contribution < 1.29 is 28.1 Å². The molecule has 3 rings (SSSR count). The number of nitrogens with zero attached hydrogens (tertiary/aromatic N) is 1. The molecular weight excluding hydrogens is 470 g/mol. The second-order valence-corrected chi connectivity index (χ2v) is 11.2. The summed E-state index contributed by atoms with van der Waals surface area (Å²) in [7, 11) is -3.88. The molecule has 0 radical (unpaired) electrons. The minimum absolute atomic E-state index is 0.0302. The van der Waals surface area contributed by atoms with Crippen molar-refractivity contribution in [1.82, 2.24) is 9.62 Å². The molecule has 194 valence electrons. The normalized spacial score (nSPS) is 19.2. The SMILES string of the molecule is CC(C)CN(C[C@@H](O)[C@H](Cc1ccccc1)NC(O)OC1CCOC1)S(=O)(=O)c1ccc(N)cc1. The van der Waals surface area contributed by atoms with Gasteiger partial charge in [0.1, 0.15) is 0 Å². The highest BCUT2D eigenvalue weighted by molar-refractivity contribution is 7.89. The van der Waals surface area contributed by atoms with Crippen LogP contribution in [0.3, 0.4) is 0 Å². The summed E-state index contributed by atoms with van der Waals surface area (Å²) in [6.07, 6.45) is -1.67. The second kappa shape index (κ2) is 12.8. The fourth-order valence-electron chi connectivity index (χ4n) is 4.00. The Morgan fingerprint density at radius 2 is 1.80 bits per heavy atom. The molecule has 0 spiro atoms. The molecule has 0 bridgehead atoms. The number of aliphatic hydroxyl groups excluding tert-OH is 2. The smallest absolute Gasteiger partial charge is 0.243 e. The molecule has 4 atom stereocenters. The Balaban J connectivity index is 1.79. The number of nitrogens with one attached hydrogen (secondary N) is 1. The summed E-state index contributed by atoms with van der Waals surface area (Å²) < 4.78 is 39.0. The largest absolute Gasteiger partial charge is 0.399 e. The molecule has 1 saturated heterocycles. The van der Waals surface area contributed by atoms with Crippen molar-refractivity contribution in [2.45, 2.75) is 56.2 Å². The molecule has 0 amide bonds. The average molecular weight is 508 g/mol. The van der Waals surface area contributed by atoms with Crippen molar-refractivity contribution >= 4 is 15.7 Å². The average Bonchev–Trinajstić information content (AvgIpc) is 3.31. The number of anilines is 1. The quantitative estimate of drug-likeness (QED) is 0.237. The zero-order chi connectivity index (χ0) is 25.4. The van der Waals surface area contributed by atoms with E-state index in [2.05, 4.69) is 5.32 Å². The Morgan fingerprint density at radius 3 is 2.40 bits per heavy atom. The van der Waals surface area contributed by atoms with E-state index in [1.807, 2.05) is 44.2 Å². The third kappa shape index (κ3) is 8.25. The summed E-state index contributed by atoms with van der Waals surface area (Å²) in [5.41, 5.74) is 7.12. The highest BCUT2D eigenvalue weighted by atomic mass is 32.2. The van der Waals surface area contributed by atoms with Gasteiger partial charge in [0, 0.05) is 31.4 Å². The molecule has 1 fully saturated rings. The maximum Gasteiger partial charge on any atom is 0.243 e. The molecule has 35 heavy (non-hydrogen) atoms. The molecule has 1 aliphatic heterocycles. The Morgan fingerprint density at radius 1 is 1.11 bits per heavy atom. The van der Waals surface area contributed by atoms with Gasteiger partial charge < -0.3 is 25.4 Å². The van der Waals surface area contributed by atoms with Crippen LogP contribution in [0.1, 0.15) is 25.8 Å². The highest BCUT2D eigenvalue weighted by Crippen LogP contribution is 2.20. The first-order valence-electron chi connectivity index (χ1n) is 11.9. The third-order valence-corrected chi connectivity index (χ3v) is 7.65. The van der Waals surface area contributed by atoms with Gasteiger partial charge in [-0.25, -0.2) is 8.42 Å². The second-order valence-electron chi connectivity index (χ2n) is 9.29. The third-order valence-electron chi connectivity index (χ3n) is 5.81. The van der Waals surface area contributed by atoms with Crippen LogP contribution in [0.4, 0.5) is 5.69 Å². The molecule has 0 aromatic heterocycles. The van der Waals surface area contributed by atoms with Crippen LogP contribution in [-0.2, 0) is 25.9 Å². The van der Waals surface area contributed by atoms with E-state index in [0.29, 0.717) is 31.7 Å². The first-order valence-corrected chi connectivity index (χ1v) is 13.3. The number of benzene rings is 2. The van der Waals surface area contributed by atoms with E-state index < -0.39 is 28.6 Å². The van der Waals surface area contributed by atoms with Gasteiger partial charge in [-0.15, -0.1) is 0 Å². The number of rotatable bonds is 13. The van der Waals surface area contributed by atoms with E-state index in [0.717, 1.165) is 5.56 Å². The van der Waals surface area contributed by atoms with E-state index in [4.69, 9.17) is 15.2 Å². The number of nitrogen functional groups attached to an aromatic ring is 1. The van der Waals surface area contributed by atoms with Crippen LogP contribution >= 0.6 is 0 Å². The van der Waals surface area contributed by atoms with E-state index in [9.17, 15) is 18.6 Å². The van der Waals surface area contributed by atoms with Crippen molar-refractivity contribution in [1.29, 1.82) is 0 Å². The Kier molecular flexibility index (Phi) is 10.0. The first kappa shape index (κ1) is 27.5. The molecule has 2 unspecified atom stereocenters. The standard InChI is InChI=1S/C25H37N3O6S/c1-18(2)15-28(35(31,32)22-10-8-20(26)9-11-22)16-24(29)23(14-19-6-4-3-5-7-19)27-25(30)34-21-12-13-33-17-21/h3-11,18,21,23-25,27,29-30H,12-17,26H2,1-2H3/t21?,23-,24+,25?/m0/s1. The monoisotopic (exact) mass is 507 g/mol. The lowest BCUT2D eigenvalue weighted by Gasteiger charge is -2.32. The van der Waals surface area contributed by atoms with Gasteiger partial charge in [0.05, 0.1) is 23.7 Å². The van der Waals surface area contributed by atoms with Crippen molar-refractivity contribution in [3.05, 3.63) is 60.2 Å². The van der Waals surface area contributed by atoms with Crippen LogP contribution in [0.5, 0.6) is 0 Å². The number of ether oxygens (including phenoxy) is 2. The lowest BCUT2D eigenvalue weighted by atomic mass is 10.0. The van der Waals surface area contributed by atoms with E-state index in [1.165, 1.54) is 28.6 Å². The lowest BCUT2D eigenvalue weighted by Crippen LogP contribution is -2.53. The summed E-state index contributed by atoms with van der Waals surface area (Å²) in [4.78, 5) is 0.108. The van der Waals surface area contributed by atoms with Crippen molar-refractivity contribution in [2.24, 2.45) is 5.92 Å². The molecule has 1 aliphatic rings. The maximum absolute atomic E-state index is 13.4. The van der Waals surface area contributed by atoms with Gasteiger partial charge in [-0.2, -0.15) is 4.31 Å². The number of sulfonamides is 1. The van der Waals surface area contributed by atoms with Crippen molar-refractivity contribution in [3.63, 3.8) is 0 Å².